The Kier molecular flexibility index (Phi) is 48.9. The SMILES string of the molecule is C=O.C=O.C=O.CCC1=[C-]CC=C1.[W]. The Labute approximate surface area is 99.5 Å². The van der Waals surface area contributed by atoms with Crippen LogP contribution in [0, 0.1) is 6.08 Å². The van der Waals surface area contributed by atoms with Gasteiger partial charge in [0.1, 0.15) is 20.4 Å². The summed E-state index contributed by atoms with van der Waals surface area (Å²) in [7, 11) is 0. The van der Waals surface area contributed by atoms with Crippen LogP contribution in [0.2, 0.25) is 0 Å². The molecule has 4 heteroatoms. The molecule has 0 aliphatic heterocycles. The summed E-state index contributed by atoms with van der Waals surface area (Å²) >= 11 is 0. The zero-order chi connectivity index (χ0) is 11.1. The summed E-state index contributed by atoms with van der Waals surface area (Å²) in [6.07, 6.45) is 9.65. The van der Waals surface area contributed by atoms with Crippen LogP contribution in [-0.2, 0) is 35.4 Å². The number of carbonyl (C=O) groups excluding carboxylic acids is 3. The Morgan fingerprint density at radius 3 is 1.79 bits per heavy atom. The molecule has 0 aromatic rings. The van der Waals surface area contributed by atoms with E-state index < -0.39 is 0 Å². The Balaban J connectivity index is -0.0000000625. The molecule has 0 bridgehead atoms. The van der Waals surface area contributed by atoms with Crippen LogP contribution in [0.4, 0.5) is 0 Å². The van der Waals surface area contributed by atoms with Crippen molar-refractivity contribution in [3.05, 3.63) is 23.8 Å². The van der Waals surface area contributed by atoms with Crippen molar-refractivity contribution in [2.75, 3.05) is 0 Å². The second-order valence-electron chi connectivity index (χ2n) is 1.66. The second-order valence-corrected chi connectivity index (χ2v) is 1.66. The summed E-state index contributed by atoms with van der Waals surface area (Å²) in [5.74, 6) is 0. The van der Waals surface area contributed by atoms with Gasteiger partial charge in [-0.2, -0.15) is 6.08 Å². The van der Waals surface area contributed by atoms with Gasteiger partial charge in [-0.15, -0.1) is 6.42 Å². The van der Waals surface area contributed by atoms with Crippen molar-refractivity contribution < 1.29 is 35.4 Å². The van der Waals surface area contributed by atoms with Gasteiger partial charge < -0.3 is 14.4 Å². The summed E-state index contributed by atoms with van der Waals surface area (Å²) in [6.45, 7) is 8.15. The molecule has 0 radical (unpaired) electrons. The number of hydrogen-bond acceptors (Lipinski definition) is 3. The van der Waals surface area contributed by atoms with Gasteiger partial charge in [0.15, 0.2) is 0 Å². The molecule has 0 unspecified atom stereocenters. The van der Waals surface area contributed by atoms with Gasteiger partial charge in [-0.1, -0.05) is 13.3 Å². The molecule has 0 atom stereocenters. The molecule has 0 N–H and O–H groups in total. The summed E-state index contributed by atoms with van der Waals surface area (Å²) in [5.41, 5.74) is 1.36. The van der Waals surface area contributed by atoms with Gasteiger partial charge in [0.25, 0.3) is 0 Å². The molecular weight excluding hydrogens is 352 g/mol. The predicted molar refractivity (Wildman–Crippen MR) is 52.2 cm³/mol. The van der Waals surface area contributed by atoms with Crippen molar-refractivity contribution >= 4 is 20.4 Å². The number of hydrogen-bond donors (Lipinski definition) is 0. The van der Waals surface area contributed by atoms with Crippen LogP contribution in [0.5, 0.6) is 0 Å². The van der Waals surface area contributed by atoms with Crippen molar-refractivity contribution in [3.8, 4) is 0 Å². The average molecular weight is 367 g/mol. The van der Waals surface area contributed by atoms with Crippen molar-refractivity contribution in [2.24, 2.45) is 0 Å². The monoisotopic (exact) mass is 367 g/mol. The molecule has 14 heavy (non-hydrogen) atoms. The maximum Gasteiger partial charge on any atom is 0.106 e. The summed E-state index contributed by atoms with van der Waals surface area (Å²) < 4.78 is 0. The van der Waals surface area contributed by atoms with Gasteiger partial charge >= 0.3 is 0 Å². The molecular formula is C10H15O3W-. The van der Waals surface area contributed by atoms with Crippen LogP contribution in [-0.4, -0.2) is 20.4 Å². The van der Waals surface area contributed by atoms with Crippen LogP contribution in [0.3, 0.4) is 0 Å². The van der Waals surface area contributed by atoms with E-state index in [4.69, 9.17) is 14.4 Å². The number of carbonyl (C=O) groups is 3. The van der Waals surface area contributed by atoms with Gasteiger partial charge in [0.2, 0.25) is 0 Å². The first-order chi connectivity index (χ1) is 6.43. The van der Waals surface area contributed by atoms with E-state index in [1.807, 2.05) is 20.4 Å². The molecule has 1 rings (SSSR count). The van der Waals surface area contributed by atoms with Crippen LogP contribution >= 0.6 is 0 Å². The zero-order valence-electron chi connectivity index (χ0n) is 8.32. The topological polar surface area (TPSA) is 51.2 Å². The average Bonchev–Trinajstić information content (AvgIpc) is 2.79. The van der Waals surface area contributed by atoms with E-state index in [2.05, 4.69) is 25.2 Å². The fourth-order valence-corrected chi connectivity index (χ4v) is 0.693. The van der Waals surface area contributed by atoms with Crippen LogP contribution in [0.15, 0.2) is 17.7 Å². The fraction of sp³-hybridized carbons (Fsp3) is 0.300. The Bertz CT molecular complexity index is 151. The molecule has 0 aromatic carbocycles. The number of allylic oxidation sites excluding steroid dienone is 4. The largest absolute Gasteiger partial charge is 0.307 e. The molecule has 0 heterocycles. The molecule has 0 saturated heterocycles. The van der Waals surface area contributed by atoms with Crippen molar-refractivity contribution in [3.63, 3.8) is 0 Å². The zero-order valence-corrected chi connectivity index (χ0v) is 11.3. The molecule has 80 valence electrons. The van der Waals surface area contributed by atoms with E-state index in [0.717, 1.165) is 12.8 Å². The smallest absolute Gasteiger partial charge is 0.106 e. The van der Waals surface area contributed by atoms with E-state index in [-0.39, 0.29) is 21.1 Å². The second kappa shape index (κ2) is 29.5. The first kappa shape index (κ1) is 23.2. The first-order valence-corrected chi connectivity index (χ1v) is 3.56. The molecule has 3 nitrogen and oxygen atoms in total. The van der Waals surface area contributed by atoms with Crippen molar-refractivity contribution in [2.45, 2.75) is 19.8 Å². The van der Waals surface area contributed by atoms with Gasteiger partial charge in [-0.05, 0) is 0 Å². The third-order valence-corrected chi connectivity index (χ3v) is 1.15. The third-order valence-electron chi connectivity index (χ3n) is 1.15. The quantitative estimate of drug-likeness (QED) is 0.661. The van der Waals surface area contributed by atoms with Crippen LogP contribution in [0.25, 0.3) is 0 Å². The fourth-order valence-electron chi connectivity index (χ4n) is 0.693. The van der Waals surface area contributed by atoms with Crippen LogP contribution in [0.1, 0.15) is 19.8 Å². The van der Waals surface area contributed by atoms with E-state index in [1.54, 1.807) is 0 Å². The minimum atomic E-state index is 0. The van der Waals surface area contributed by atoms with E-state index in [0.29, 0.717) is 0 Å². The number of rotatable bonds is 1. The van der Waals surface area contributed by atoms with Crippen LogP contribution < -0.4 is 0 Å². The summed E-state index contributed by atoms with van der Waals surface area (Å²) in [4.78, 5) is 24.0. The first-order valence-electron chi connectivity index (χ1n) is 3.56. The maximum atomic E-state index is 8.00. The standard InChI is InChI=1S/C7H9.3CH2O.W/c1-2-7-5-3-4-6-7;3*1-2;/h3,5H,2,4H2,1H3;3*1H2;/q-1;;;;. The molecule has 0 amide bonds. The maximum absolute atomic E-state index is 8.00. The predicted octanol–water partition coefficient (Wildman–Crippen LogP) is 1.53. The van der Waals surface area contributed by atoms with Gasteiger partial charge in [0.05, 0.1) is 0 Å². The molecule has 0 saturated carbocycles. The Hall–Kier alpha value is -0.822. The summed E-state index contributed by atoms with van der Waals surface area (Å²) in [6, 6.07) is 0. The van der Waals surface area contributed by atoms with Crippen molar-refractivity contribution in [1.29, 1.82) is 0 Å². The minimum absolute atomic E-state index is 0. The molecule has 1 aliphatic rings. The molecule has 0 fully saturated rings. The van der Waals surface area contributed by atoms with Gasteiger partial charge in [-0.25, -0.2) is 11.6 Å². The van der Waals surface area contributed by atoms with E-state index in [1.165, 1.54) is 5.57 Å². The third kappa shape index (κ3) is 17.3. The van der Waals surface area contributed by atoms with E-state index in [9.17, 15) is 0 Å². The van der Waals surface area contributed by atoms with E-state index >= 15 is 0 Å². The molecule has 0 aromatic heterocycles. The Morgan fingerprint density at radius 2 is 1.64 bits per heavy atom. The molecule has 0 spiro atoms. The summed E-state index contributed by atoms with van der Waals surface area (Å²) in [5, 5.41) is 0. The van der Waals surface area contributed by atoms with Gasteiger partial charge in [-0.3, -0.25) is 6.08 Å². The molecule has 1 aliphatic carbocycles. The Morgan fingerprint density at radius 1 is 1.21 bits per heavy atom. The minimum Gasteiger partial charge on any atom is -0.307 e. The normalized spacial score (nSPS) is 9.64. The van der Waals surface area contributed by atoms with Gasteiger partial charge in [0, 0.05) is 21.1 Å². The van der Waals surface area contributed by atoms with Crippen molar-refractivity contribution in [1.82, 2.24) is 0 Å².